The van der Waals surface area contributed by atoms with E-state index in [-0.39, 0.29) is 6.61 Å². The molecule has 0 spiro atoms. The number of amides is 1. The number of likely N-dealkylation sites (N-methyl/N-ethyl adjacent to an activating group) is 1. The van der Waals surface area contributed by atoms with Crippen molar-refractivity contribution in [1.29, 1.82) is 0 Å². The summed E-state index contributed by atoms with van der Waals surface area (Å²) in [6.07, 6.45) is 1.49. The zero-order valence-corrected chi connectivity index (χ0v) is 12.3. The summed E-state index contributed by atoms with van der Waals surface area (Å²) < 4.78 is 4.95. The number of ether oxygens (including phenoxy) is 1. The third-order valence-corrected chi connectivity index (χ3v) is 3.44. The summed E-state index contributed by atoms with van der Waals surface area (Å²) in [5.74, 6) is -1.10. The lowest BCUT2D eigenvalue weighted by atomic mass is 10.0. The van der Waals surface area contributed by atoms with Gasteiger partial charge in [0.05, 0.1) is 12.3 Å². The van der Waals surface area contributed by atoms with E-state index in [1.54, 1.807) is 32.2 Å². The predicted molar refractivity (Wildman–Crippen MR) is 77.5 cm³/mol. The van der Waals surface area contributed by atoms with Crippen molar-refractivity contribution in [2.45, 2.75) is 19.4 Å². The molecule has 1 aliphatic heterocycles. The van der Waals surface area contributed by atoms with Crippen molar-refractivity contribution < 1.29 is 14.3 Å². The van der Waals surface area contributed by atoms with Crippen LogP contribution >= 0.6 is 11.6 Å². The van der Waals surface area contributed by atoms with Crippen LogP contribution in [0.5, 0.6) is 0 Å². The highest BCUT2D eigenvalue weighted by atomic mass is 35.5. The van der Waals surface area contributed by atoms with Gasteiger partial charge in [-0.15, -0.1) is 0 Å². The Morgan fingerprint density at radius 1 is 1.50 bits per heavy atom. The van der Waals surface area contributed by atoms with Crippen LogP contribution in [-0.4, -0.2) is 37.3 Å². The highest BCUT2D eigenvalue weighted by Crippen LogP contribution is 2.29. The minimum atomic E-state index is -1.57. The molecule has 0 fully saturated rings. The summed E-state index contributed by atoms with van der Waals surface area (Å²) in [6, 6.07) is 5.10. The number of fused-ring (bicyclic) bond motifs is 1. The average molecular weight is 295 g/mol. The first-order valence-corrected chi connectivity index (χ1v) is 6.58. The standard InChI is InChI=1S/C14H15ClN2O3/c1-4-20-13(19)14(2)12(18)17(3)11-6-5-10(15)7-9(11)8-16-14/h5-8H,4H2,1-3H3/t14-/m1/s1. The maximum absolute atomic E-state index is 12.5. The lowest BCUT2D eigenvalue weighted by Crippen LogP contribution is -2.50. The molecule has 0 unspecified atom stereocenters. The molecule has 2 rings (SSSR count). The fourth-order valence-corrected chi connectivity index (χ4v) is 2.22. The largest absolute Gasteiger partial charge is 0.464 e. The molecular formula is C14H15ClN2O3. The molecule has 106 valence electrons. The van der Waals surface area contributed by atoms with Gasteiger partial charge in [0.25, 0.3) is 5.91 Å². The van der Waals surface area contributed by atoms with Gasteiger partial charge >= 0.3 is 5.97 Å². The van der Waals surface area contributed by atoms with E-state index in [1.165, 1.54) is 18.0 Å². The van der Waals surface area contributed by atoms with Gasteiger partial charge in [0.15, 0.2) is 0 Å². The molecule has 0 bridgehead atoms. The molecule has 0 aromatic heterocycles. The third kappa shape index (κ3) is 2.29. The molecule has 0 saturated heterocycles. The highest BCUT2D eigenvalue weighted by molar-refractivity contribution is 6.31. The summed E-state index contributed by atoms with van der Waals surface area (Å²) in [4.78, 5) is 30.1. The predicted octanol–water partition coefficient (Wildman–Crippen LogP) is 2.06. The van der Waals surface area contributed by atoms with Gasteiger partial charge in [-0.2, -0.15) is 0 Å². The first-order valence-electron chi connectivity index (χ1n) is 6.20. The zero-order valence-electron chi connectivity index (χ0n) is 11.5. The Morgan fingerprint density at radius 2 is 2.20 bits per heavy atom. The zero-order chi connectivity index (χ0) is 14.9. The van der Waals surface area contributed by atoms with Crippen molar-refractivity contribution in [3.05, 3.63) is 28.8 Å². The van der Waals surface area contributed by atoms with Gasteiger partial charge in [-0.25, -0.2) is 4.79 Å². The van der Waals surface area contributed by atoms with E-state index in [0.29, 0.717) is 16.3 Å². The smallest absolute Gasteiger partial charge is 0.343 e. The molecule has 5 nitrogen and oxygen atoms in total. The Kier molecular flexibility index (Phi) is 3.81. The second-order valence-electron chi connectivity index (χ2n) is 4.62. The number of benzene rings is 1. The second-order valence-corrected chi connectivity index (χ2v) is 5.05. The van der Waals surface area contributed by atoms with Gasteiger partial charge < -0.3 is 9.64 Å². The molecule has 6 heteroatoms. The number of anilines is 1. The maximum atomic E-state index is 12.5. The number of hydrogen-bond acceptors (Lipinski definition) is 4. The fourth-order valence-electron chi connectivity index (χ4n) is 2.04. The third-order valence-electron chi connectivity index (χ3n) is 3.21. The lowest BCUT2D eigenvalue weighted by Gasteiger charge is -2.26. The van der Waals surface area contributed by atoms with Crippen molar-refractivity contribution in [2.24, 2.45) is 4.99 Å². The maximum Gasteiger partial charge on any atom is 0.343 e. The molecule has 0 aliphatic carbocycles. The summed E-state index contributed by atoms with van der Waals surface area (Å²) in [7, 11) is 1.60. The van der Waals surface area contributed by atoms with Crippen molar-refractivity contribution in [3.63, 3.8) is 0 Å². The molecule has 0 saturated carbocycles. The quantitative estimate of drug-likeness (QED) is 0.619. The molecule has 1 heterocycles. The van der Waals surface area contributed by atoms with Crippen LogP contribution in [0.25, 0.3) is 0 Å². The summed E-state index contributed by atoms with van der Waals surface area (Å²) >= 11 is 5.94. The Morgan fingerprint density at radius 3 is 2.85 bits per heavy atom. The number of carbonyl (C=O) groups is 2. The molecule has 1 aromatic carbocycles. The number of aliphatic imine (C=N–C) groups is 1. The van der Waals surface area contributed by atoms with Crippen molar-refractivity contribution >= 4 is 35.4 Å². The summed E-state index contributed by atoms with van der Waals surface area (Å²) in [5, 5.41) is 0.538. The first-order chi connectivity index (χ1) is 9.40. The Labute approximate surface area is 122 Å². The van der Waals surface area contributed by atoms with Crippen LogP contribution in [0.3, 0.4) is 0 Å². The van der Waals surface area contributed by atoms with E-state index in [2.05, 4.69) is 4.99 Å². The summed E-state index contributed by atoms with van der Waals surface area (Å²) in [5.41, 5.74) is -0.242. The molecule has 1 atom stereocenters. The van der Waals surface area contributed by atoms with Gasteiger partial charge in [-0.3, -0.25) is 9.79 Å². The van der Waals surface area contributed by atoms with Gasteiger partial charge in [-0.05, 0) is 32.0 Å². The van der Waals surface area contributed by atoms with E-state index in [9.17, 15) is 9.59 Å². The van der Waals surface area contributed by atoms with Crippen molar-refractivity contribution in [1.82, 2.24) is 0 Å². The molecule has 1 aromatic rings. The van der Waals surface area contributed by atoms with Gasteiger partial charge in [-0.1, -0.05) is 11.6 Å². The van der Waals surface area contributed by atoms with Gasteiger partial charge in [0.1, 0.15) is 0 Å². The lowest BCUT2D eigenvalue weighted by molar-refractivity contribution is -0.152. The SMILES string of the molecule is CCOC(=O)[C@]1(C)N=Cc2cc(Cl)ccc2N(C)C1=O. The van der Waals surface area contributed by atoms with E-state index in [1.807, 2.05) is 0 Å². The molecule has 1 aliphatic rings. The van der Waals surface area contributed by atoms with E-state index in [4.69, 9.17) is 16.3 Å². The first kappa shape index (κ1) is 14.5. The van der Waals surface area contributed by atoms with Crippen LogP contribution in [0.2, 0.25) is 5.02 Å². The fraction of sp³-hybridized carbons (Fsp3) is 0.357. The van der Waals surface area contributed by atoms with Crippen LogP contribution in [0, 0.1) is 0 Å². The van der Waals surface area contributed by atoms with Crippen LogP contribution in [0.15, 0.2) is 23.2 Å². The molecule has 0 radical (unpaired) electrons. The molecular weight excluding hydrogens is 280 g/mol. The average Bonchev–Trinajstić information content (AvgIpc) is 2.51. The van der Waals surface area contributed by atoms with Crippen LogP contribution in [0.4, 0.5) is 5.69 Å². The minimum absolute atomic E-state index is 0.194. The number of halogens is 1. The number of esters is 1. The number of hydrogen-bond donors (Lipinski definition) is 0. The molecule has 20 heavy (non-hydrogen) atoms. The van der Waals surface area contributed by atoms with E-state index < -0.39 is 17.4 Å². The topological polar surface area (TPSA) is 59.0 Å². The van der Waals surface area contributed by atoms with Crippen molar-refractivity contribution in [2.75, 3.05) is 18.6 Å². The highest BCUT2D eigenvalue weighted by Gasteiger charge is 2.45. The Hall–Kier alpha value is -1.88. The van der Waals surface area contributed by atoms with Crippen LogP contribution in [-0.2, 0) is 14.3 Å². The normalized spacial score (nSPS) is 21.4. The molecule has 1 amide bonds. The number of benzodiazepines with no additional fused rings is 1. The minimum Gasteiger partial charge on any atom is -0.464 e. The Balaban J connectivity index is 2.51. The molecule has 0 N–H and O–H groups in total. The number of carbonyl (C=O) groups excluding carboxylic acids is 2. The van der Waals surface area contributed by atoms with Crippen molar-refractivity contribution in [3.8, 4) is 0 Å². The number of rotatable bonds is 2. The Bertz CT molecular complexity index is 600. The van der Waals surface area contributed by atoms with E-state index >= 15 is 0 Å². The second kappa shape index (κ2) is 5.25. The van der Waals surface area contributed by atoms with Gasteiger partial charge in [0.2, 0.25) is 5.54 Å². The van der Waals surface area contributed by atoms with Crippen LogP contribution in [0.1, 0.15) is 19.4 Å². The number of nitrogens with zero attached hydrogens (tertiary/aromatic N) is 2. The van der Waals surface area contributed by atoms with Crippen LogP contribution < -0.4 is 4.90 Å². The van der Waals surface area contributed by atoms with E-state index in [0.717, 1.165) is 0 Å². The summed E-state index contributed by atoms with van der Waals surface area (Å²) in [6.45, 7) is 3.33. The van der Waals surface area contributed by atoms with Gasteiger partial charge in [0, 0.05) is 23.8 Å². The monoisotopic (exact) mass is 294 g/mol.